The van der Waals surface area contributed by atoms with Gasteiger partial charge in [-0.25, -0.2) is 0 Å². The first kappa shape index (κ1) is 19.7. The van der Waals surface area contributed by atoms with Gasteiger partial charge in [0.15, 0.2) is 0 Å². The number of hydrogen-bond donors (Lipinski definition) is 1. The van der Waals surface area contributed by atoms with Crippen LogP contribution in [0.3, 0.4) is 0 Å². The van der Waals surface area contributed by atoms with Crippen LogP contribution in [0.5, 0.6) is 0 Å². The lowest BCUT2D eigenvalue weighted by atomic mass is 9.77. The van der Waals surface area contributed by atoms with Gasteiger partial charge in [-0.3, -0.25) is 4.79 Å². The number of carbonyl (C=O) groups excluding carboxylic acids is 1. The van der Waals surface area contributed by atoms with Gasteiger partial charge in [-0.2, -0.15) is 0 Å². The fourth-order valence-corrected chi connectivity index (χ4v) is 2.51. The smallest absolute Gasteiger partial charge is 0.400 e. The van der Waals surface area contributed by atoms with Crippen molar-refractivity contribution in [2.24, 2.45) is 0 Å². The van der Waals surface area contributed by atoms with Crippen LogP contribution in [0.2, 0.25) is 0 Å². The second-order valence-electron chi connectivity index (χ2n) is 7.39. The highest BCUT2D eigenvalue weighted by Gasteiger charge is 2.52. The van der Waals surface area contributed by atoms with Gasteiger partial charge in [0, 0.05) is 20.6 Å². The van der Waals surface area contributed by atoms with E-state index in [1.807, 2.05) is 58.0 Å². The third kappa shape index (κ3) is 4.94. The molecule has 5 nitrogen and oxygen atoms in total. The zero-order chi connectivity index (χ0) is 18.7. The Bertz CT molecular complexity index is 621. The molecule has 1 fully saturated rings. The maximum Gasteiger partial charge on any atom is 0.492 e. The first-order valence-electron chi connectivity index (χ1n) is 8.53. The van der Waals surface area contributed by atoms with Gasteiger partial charge in [0.2, 0.25) is 5.91 Å². The molecule has 0 spiro atoms. The summed E-state index contributed by atoms with van der Waals surface area (Å²) in [6.45, 7) is 10.5. The van der Waals surface area contributed by atoms with Gasteiger partial charge in [0.25, 0.3) is 0 Å². The molecule has 0 atom stereocenters. The molecule has 0 radical (unpaired) electrons. The molecule has 25 heavy (non-hydrogen) atoms. The fraction of sp³-hybridized carbons (Fsp3) is 0.526. The summed E-state index contributed by atoms with van der Waals surface area (Å²) in [4.78, 5) is 11.4. The first-order chi connectivity index (χ1) is 11.6. The summed E-state index contributed by atoms with van der Waals surface area (Å²) in [5, 5.41) is 2.84. The Morgan fingerprint density at radius 1 is 1.16 bits per heavy atom. The zero-order valence-corrected chi connectivity index (χ0v) is 16.0. The van der Waals surface area contributed by atoms with Crippen LogP contribution in [-0.2, 0) is 25.4 Å². The number of rotatable bonds is 6. The van der Waals surface area contributed by atoms with Crippen LogP contribution in [0.4, 0.5) is 0 Å². The zero-order valence-electron chi connectivity index (χ0n) is 16.0. The highest BCUT2D eigenvalue weighted by molar-refractivity contribution is 6.56. The molecule has 6 heteroatoms. The quantitative estimate of drug-likeness (QED) is 0.806. The Balaban J connectivity index is 2.25. The molecule has 0 saturated carbocycles. The number of methoxy groups -OCH3 is 1. The minimum Gasteiger partial charge on any atom is -0.400 e. The van der Waals surface area contributed by atoms with E-state index in [4.69, 9.17) is 14.0 Å². The van der Waals surface area contributed by atoms with Crippen LogP contribution in [0.25, 0.3) is 6.08 Å². The summed E-state index contributed by atoms with van der Waals surface area (Å²) < 4.78 is 17.4. The highest BCUT2D eigenvalue weighted by atomic mass is 16.7. The molecule has 0 unspecified atom stereocenters. The Morgan fingerprint density at radius 2 is 1.72 bits per heavy atom. The fourth-order valence-electron chi connectivity index (χ4n) is 2.51. The largest absolute Gasteiger partial charge is 0.492 e. The molecule has 136 valence electrons. The molecule has 1 saturated heterocycles. The van der Waals surface area contributed by atoms with Crippen LogP contribution in [0.1, 0.15) is 45.7 Å². The van der Waals surface area contributed by atoms with Crippen molar-refractivity contribution in [1.29, 1.82) is 0 Å². The van der Waals surface area contributed by atoms with Crippen LogP contribution in [-0.4, -0.2) is 37.9 Å². The van der Waals surface area contributed by atoms with Crippen molar-refractivity contribution < 1.29 is 18.8 Å². The SMILES string of the molecule is COCc1ccc(C=C(CNC(C)=O)B2OC(C)(C)C(C)(C)O2)cc1. The average Bonchev–Trinajstić information content (AvgIpc) is 2.73. The van der Waals surface area contributed by atoms with Crippen molar-refractivity contribution in [3.63, 3.8) is 0 Å². The molecule has 0 bridgehead atoms. The van der Waals surface area contributed by atoms with E-state index in [9.17, 15) is 4.79 Å². The van der Waals surface area contributed by atoms with E-state index in [2.05, 4.69) is 5.32 Å². The Morgan fingerprint density at radius 3 is 2.20 bits per heavy atom. The van der Waals surface area contributed by atoms with Crippen molar-refractivity contribution in [3.05, 3.63) is 40.9 Å². The molecule has 0 aromatic heterocycles. The van der Waals surface area contributed by atoms with Crippen molar-refractivity contribution in [2.45, 2.75) is 52.4 Å². The highest BCUT2D eigenvalue weighted by Crippen LogP contribution is 2.38. The summed E-state index contributed by atoms with van der Waals surface area (Å²) in [5.74, 6) is -0.0853. The van der Waals surface area contributed by atoms with Gasteiger partial charge in [-0.15, -0.1) is 0 Å². The molecule has 1 aliphatic rings. The Kier molecular flexibility index (Phi) is 6.09. The molecular formula is C19H28BNO4. The molecule has 1 heterocycles. The lowest BCUT2D eigenvalue weighted by molar-refractivity contribution is -0.118. The monoisotopic (exact) mass is 345 g/mol. The van der Waals surface area contributed by atoms with E-state index in [0.717, 1.165) is 16.6 Å². The maximum atomic E-state index is 11.4. The lowest BCUT2D eigenvalue weighted by Gasteiger charge is -2.32. The number of amides is 1. The van der Waals surface area contributed by atoms with E-state index < -0.39 is 18.3 Å². The van der Waals surface area contributed by atoms with Crippen molar-refractivity contribution in [3.8, 4) is 0 Å². The van der Waals surface area contributed by atoms with Gasteiger partial charge >= 0.3 is 7.12 Å². The summed E-state index contributed by atoms with van der Waals surface area (Å²) in [5.41, 5.74) is 2.17. The lowest BCUT2D eigenvalue weighted by Crippen LogP contribution is -2.41. The molecular weight excluding hydrogens is 317 g/mol. The average molecular weight is 345 g/mol. The first-order valence-corrected chi connectivity index (χ1v) is 8.53. The molecule has 1 aromatic carbocycles. The van der Waals surface area contributed by atoms with Crippen LogP contribution < -0.4 is 5.32 Å². The number of ether oxygens (including phenoxy) is 1. The summed E-state index contributed by atoms with van der Waals surface area (Å²) in [7, 11) is 1.19. The third-order valence-corrected chi connectivity index (χ3v) is 4.74. The summed E-state index contributed by atoms with van der Waals surface area (Å²) in [6, 6.07) is 8.09. The molecule has 1 amide bonds. The predicted octanol–water partition coefficient (Wildman–Crippen LogP) is 2.98. The second kappa shape index (κ2) is 7.73. The summed E-state index contributed by atoms with van der Waals surface area (Å²) in [6.07, 6.45) is 2.01. The standard InChI is InChI=1S/C19H28BNO4/c1-14(22)21-12-17(20-24-18(2,3)19(4,5)25-20)11-15-7-9-16(10-8-15)13-23-6/h7-11H,12-13H2,1-6H3,(H,21,22). The van der Waals surface area contributed by atoms with E-state index in [0.29, 0.717) is 13.2 Å². The molecule has 1 aliphatic heterocycles. The van der Waals surface area contributed by atoms with E-state index >= 15 is 0 Å². The van der Waals surface area contributed by atoms with Crippen LogP contribution in [0.15, 0.2) is 29.7 Å². The number of nitrogens with one attached hydrogen (secondary N) is 1. The topological polar surface area (TPSA) is 56.8 Å². The maximum absolute atomic E-state index is 11.4. The summed E-state index contributed by atoms with van der Waals surface area (Å²) >= 11 is 0. The van der Waals surface area contributed by atoms with Gasteiger partial charge in [0.05, 0.1) is 17.8 Å². The van der Waals surface area contributed by atoms with Gasteiger partial charge in [-0.1, -0.05) is 30.3 Å². The van der Waals surface area contributed by atoms with Gasteiger partial charge < -0.3 is 19.4 Å². The van der Waals surface area contributed by atoms with Gasteiger partial charge in [0.1, 0.15) is 0 Å². The Labute approximate surface area is 150 Å². The minimum atomic E-state index is -0.490. The van der Waals surface area contributed by atoms with Crippen LogP contribution >= 0.6 is 0 Å². The molecule has 2 rings (SSSR count). The van der Waals surface area contributed by atoms with Crippen molar-refractivity contribution in [1.82, 2.24) is 5.32 Å². The van der Waals surface area contributed by atoms with E-state index in [-0.39, 0.29) is 5.91 Å². The molecule has 0 aliphatic carbocycles. The van der Waals surface area contributed by atoms with Gasteiger partial charge in [-0.05, 0) is 44.3 Å². The predicted molar refractivity (Wildman–Crippen MR) is 99.9 cm³/mol. The number of carbonyl (C=O) groups is 1. The minimum absolute atomic E-state index is 0.0853. The number of benzene rings is 1. The second-order valence-corrected chi connectivity index (χ2v) is 7.39. The molecule has 1 N–H and O–H groups in total. The van der Waals surface area contributed by atoms with Crippen molar-refractivity contribution in [2.75, 3.05) is 13.7 Å². The van der Waals surface area contributed by atoms with E-state index in [1.165, 1.54) is 6.92 Å². The third-order valence-electron chi connectivity index (χ3n) is 4.74. The Hall–Kier alpha value is -1.63. The van der Waals surface area contributed by atoms with E-state index in [1.54, 1.807) is 7.11 Å². The number of hydrogen-bond acceptors (Lipinski definition) is 4. The van der Waals surface area contributed by atoms with Crippen LogP contribution in [0, 0.1) is 0 Å². The van der Waals surface area contributed by atoms with Crippen molar-refractivity contribution >= 4 is 19.1 Å². The molecule has 1 aromatic rings. The normalized spacial score (nSPS) is 19.1.